The zero-order chi connectivity index (χ0) is 21.1. The summed E-state index contributed by atoms with van der Waals surface area (Å²) in [6, 6.07) is 3.92. The van der Waals surface area contributed by atoms with Gasteiger partial charge in [-0.1, -0.05) is 12.8 Å². The van der Waals surface area contributed by atoms with Crippen LogP contribution in [0.2, 0.25) is 0 Å². The molecule has 2 aromatic rings. The number of ketones is 2. The van der Waals surface area contributed by atoms with E-state index < -0.39 is 11.8 Å². The fourth-order valence-electron chi connectivity index (χ4n) is 4.20. The van der Waals surface area contributed by atoms with Crippen LogP contribution < -0.4 is 5.32 Å². The average molecular weight is 407 g/mol. The third-order valence-electron chi connectivity index (χ3n) is 6.11. The number of aromatic nitrogens is 3. The van der Waals surface area contributed by atoms with Crippen LogP contribution in [0.5, 0.6) is 0 Å². The summed E-state index contributed by atoms with van der Waals surface area (Å²) in [5.41, 5.74) is 1.35. The van der Waals surface area contributed by atoms with Crippen LogP contribution in [0, 0.1) is 35.0 Å². The van der Waals surface area contributed by atoms with Crippen molar-refractivity contribution in [2.45, 2.75) is 44.9 Å². The Labute approximate surface area is 174 Å². The predicted molar refractivity (Wildman–Crippen MR) is 108 cm³/mol. The van der Waals surface area contributed by atoms with Crippen molar-refractivity contribution in [3.8, 4) is 6.07 Å². The summed E-state index contributed by atoms with van der Waals surface area (Å²) in [5.74, 6) is -0.683. The largest absolute Gasteiger partial charge is 0.356 e. The number of pyridine rings is 1. The van der Waals surface area contributed by atoms with Gasteiger partial charge in [0, 0.05) is 37.4 Å². The van der Waals surface area contributed by atoms with E-state index in [2.05, 4.69) is 26.3 Å². The molecule has 1 aliphatic heterocycles. The smallest absolute Gasteiger partial charge is 0.223 e. The van der Waals surface area contributed by atoms with Crippen LogP contribution in [-0.2, 0) is 9.59 Å². The molecule has 4 rings (SSSR count). The molecular weight excluding hydrogens is 382 g/mol. The first kappa shape index (κ1) is 20.2. The predicted octanol–water partition coefficient (Wildman–Crippen LogP) is 2.57. The highest BCUT2D eigenvalue weighted by atomic mass is 16.2. The van der Waals surface area contributed by atoms with E-state index in [1.165, 1.54) is 0 Å². The number of nitrogens with zero attached hydrogens (tertiary/aromatic N) is 3. The standard InChI is InChI=1S/C22H25N5O3/c23-11-14(8-15-3-6-25-22(15)30)9-19(28)16(7-13-1-2-13)10-20(29)21-26-17-4-5-24-12-18(17)27-21/h4-5,12-16H,1-3,6-10H2,(H,25,30)(H,26,27)/t14-,15+,16-/m1/s1. The van der Waals surface area contributed by atoms with Crippen LogP contribution in [0.25, 0.3) is 11.0 Å². The van der Waals surface area contributed by atoms with Crippen LogP contribution in [0.15, 0.2) is 18.5 Å². The minimum absolute atomic E-state index is 0.0354. The van der Waals surface area contributed by atoms with Crippen molar-refractivity contribution in [2.75, 3.05) is 6.54 Å². The summed E-state index contributed by atoms with van der Waals surface area (Å²) in [4.78, 5) is 49.0. The zero-order valence-corrected chi connectivity index (χ0v) is 16.8. The normalized spacial score (nSPS) is 20.5. The van der Waals surface area contributed by atoms with Gasteiger partial charge in [0.05, 0.1) is 29.2 Å². The fraction of sp³-hybridized carbons (Fsp3) is 0.545. The van der Waals surface area contributed by atoms with E-state index in [1.54, 1.807) is 18.5 Å². The molecule has 2 aromatic heterocycles. The Morgan fingerprint density at radius 1 is 1.23 bits per heavy atom. The van der Waals surface area contributed by atoms with Gasteiger partial charge in [0.15, 0.2) is 11.6 Å². The second-order valence-corrected chi connectivity index (χ2v) is 8.49. The number of carbonyl (C=O) groups is 3. The lowest BCUT2D eigenvalue weighted by atomic mass is 9.84. The first-order valence-corrected chi connectivity index (χ1v) is 10.6. The highest BCUT2D eigenvalue weighted by Gasteiger charge is 2.34. The van der Waals surface area contributed by atoms with Crippen LogP contribution in [-0.4, -0.2) is 39.0 Å². The Kier molecular flexibility index (Phi) is 5.88. The van der Waals surface area contributed by atoms with E-state index in [0.29, 0.717) is 42.8 Å². The van der Waals surface area contributed by atoms with E-state index >= 15 is 0 Å². The van der Waals surface area contributed by atoms with Gasteiger partial charge in [-0.3, -0.25) is 19.4 Å². The second kappa shape index (κ2) is 8.74. The summed E-state index contributed by atoms with van der Waals surface area (Å²) in [7, 11) is 0. The van der Waals surface area contributed by atoms with Crippen LogP contribution in [0.3, 0.4) is 0 Å². The molecule has 3 atom stereocenters. The summed E-state index contributed by atoms with van der Waals surface area (Å²) >= 11 is 0. The number of fused-ring (bicyclic) bond motifs is 1. The van der Waals surface area contributed by atoms with E-state index in [0.717, 1.165) is 12.8 Å². The third kappa shape index (κ3) is 4.73. The van der Waals surface area contributed by atoms with Gasteiger partial charge in [-0.05, 0) is 31.2 Å². The number of rotatable bonds is 10. The molecule has 1 aliphatic carbocycles. The van der Waals surface area contributed by atoms with Crippen molar-refractivity contribution in [1.82, 2.24) is 20.3 Å². The van der Waals surface area contributed by atoms with Crippen molar-refractivity contribution in [3.63, 3.8) is 0 Å². The zero-order valence-electron chi connectivity index (χ0n) is 16.8. The topological polar surface area (TPSA) is 129 Å². The SMILES string of the molecule is N#C[C@@H](CC(=O)[C@@H](CC(=O)c1nc2ccncc2[nH]1)CC1CC1)C[C@@H]1CCNC1=O. The maximum Gasteiger partial charge on any atom is 0.223 e. The quantitative estimate of drug-likeness (QED) is 0.583. The maximum atomic E-state index is 13.0. The Bertz CT molecular complexity index is 971. The molecule has 1 amide bonds. The van der Waals surface area contributed by atoms with Crippen molar-refractivity contribution in [2.24, 2.45) is 23.7 Å². The first-order chi connectivity index (χ1) is 14.5. The van der Waals surface area contributed by atoms with Gasteiger partial charge >= 0.3 is 0 Å². The lowest BCUT2D eigenvalue weighted by Gasteiger charge is -2.17. The molecular formula is C22H25N5O3. The maximum absolute atomic E-state index is 13.0. The molecule has 2 N–H and O–H groups in total. The average Bonchev–Trinajstić information content (AvgIpc) is 3.30. The van der Waals surface area contributed by atoms with Crippen LogP contribution in [0.4, 0.5) is 0 Å². The molecule has 8 nitrogen and oxygen atoms in total. The van der Waals surface area contributed by atoms with Crippen LogP contribution >= 0.6 is 0 Å². The van der Waals surface area contributed by atoms with Crippen LogP contribution in [0.1, 0.15) is 55.6 Å². The fourth-order valence-corrected chi connectivity index (χ4v) is 4.20. The number of carbonyl (C=O) groups excluding carboxylic acids is 3. The molecule has 1 saturated carbocycles. The first-order valence-electron chi connectivity index (χ1n) is 10.6. The molecule has 0 radical (unpaired) electrons. The summed E-state index contributed by atoms with van der Waals surface area (Å²) in [6.45, 7) is 0.626. The van der Waals surface area contributed by atoms with Crippen molar-refractivity contribution in [1.29, 1.82) is 5.26 Å². The molecule has 0 bridgehead atoms. The molecule has 156 valence electrons. The summed E-state index contributed by atoms with van der Waals surface area (Å²) in [5, 5.41) is 12.3. The number of Topliss-reactive ketones (excluding diaryl/α,β-unsaturated/α-hetero) is 2. The molecule has 2 aliphatic rings. The lowest BCUT2D eigenvalue weighted by molar-refractivity contribution is -0.125. The summed E-state index contributed by atoms with van der Waals surface area (Å²) < 4.78 is 0. The number of amides is 1. The number of nitrogens with one attached hydrogen (secondary N) is 2. The Balaban J connectivity index is 1.41. The number of aromatic amines is 1. The van der Waals surface area contributed by atoms with E-state index in [1.807, 2.05) is 0 Å². The van der Waals surface area contributed by atoms with E-state index in [4.69, 9.17) is 0 Å². The van der Waals surface area contributed by atoms with Gasteiger partial charge in [-0.25, -0.2) is 4.98 Å². The molecule has 0 spiro atoms. The Hall–Kier alpha value is -3.08. The van der Waals surface area contributed by atoms with Crippen molar-refractivity contribution in [3.05, 3.63) is 24.3 Å². The van der Waals surface area contributed by atoms with Gasteiger partial charge in [0.2, 0.25) is 5.91 Å². The Morgan fingerprint density at radius 2 is 2.07 bits per heavy atom. The molecule has 1 saturated heterocycles. The van der Waals surface area contributed by atoms with Crippen molar-refractivity contribution < 1.29 is 14.4 Å². The highest BCUT2D eigenvalue weighted by Crippen LogP contribution is 2.37. The molecule has 30 heavy (non-hydrogen) atoms. The lowest BCUT2D eigenvalue weighted by Crippen LogP contribution is -2.25. The molecule has 0 aromatic carbocycles. The monoisotopic (exact) mass is 407 g/mol. The van der Waals surface area contributed by atoms with Gasteiger partial charge in [-0.15, -0.1) is 0 Å². The number of H-pyrrole nitrogens is 1. The van der Waals surface area contributed by atoms with Crippen molar-refractivity contribution >= 4 is 28.5 Å². The second-order valence-electron chi connectivity index (χ2n) is 8.49. The van der Waals surface area contributed by atoms with E-state index in [9.17, 15) is 19.6 Å². The van der Waals surface area contributed by atoms with Gasteiger partial charge < -0.3 is 10.3 Å². The Morgan fingerprint density at radius 3 is 2.73 bits per heavy atom. The van der Waals surface area contributed by atoms with Gasteiger partial charge in [-0.2, -0.15) is 5.26 Å². The molecule has 0 unspecified atom stereocenters. The third-order valence-corrected chi connectivity index (χ3v) is 6.11. The van der Waals surface area contributed by atoms with E-state index in [-0.39, 0.29) is 42.1 Å². The number of imidazole rings is 1. The number of nitriles is 1. The minimum atomic E-state index is -0.500. The van der Waals surface area contributed by atoms with Gasteiger partial charge in [0.1, 0.15) is 5.78 Å². The minimum Gasteiger partial charge on any atom is -0.356 e. The highest BCUT2D eigenvalue weighted by molar-refractivity contribution is 5.98. The molecule has 2 fully saturated rings. The molecule has 3 heterocycles. The summed E-state index contributed by atoms with van der Waals surface area (Å²) in [6.07, 6.45) is 7.35. The molecule has 8 heteroatoms. The number of hydrogen-bond acceptors (Lipinski definition) is 6. The van der Waals surface area contributed by atoms with Gasteiger partial charge in [0.25, 0.3) is 0 Å². The number of hydrogen-bond donors (Lipinski definition) is 2.